The fourth-order valence-electron chi connectivity index (χ4n) is 3.80. The van der Waals surface area contributed by atoms with Crippen molar-refractivity contribution >= 4 is 16.8 Å². The molecule has 1 atom stereocenters. The van der Waals surface area contributed by atoms with E-state index < -0.39 is 0 Å². The molecule has 1 aromatic heterocycles. The number of benzene rings is 2. The summed E-state index contributed by atoms with van der Waals surface area (Å²) in [5.41, 5.74) is 2.10. The van der Waals surface area contributed by atoms with Crippen molar-refractivity contribution in [2.24, 2.45) is 0 Å². The summed E-state index contributed by atoms with van der Waals surface area (Å²) in [5, 5.41) is 2.01. The minimum atomic E-state index is -0.239. The molecule has 0 bridgehead atoms. The zero-order valence-corrected chi connectivity index (χ0v) is 20.4. The quantitative estimate of drug-likeness (QED) is 0.178. The summed E-state index contributed by atoms with van der Waals surface area (Å²) < 4.78 is 26.1. The van der Waals surface area contributed by atoms with Crippen LogP contribution in [-0.4, -0.2) is 24.3 Å². The van der Waals surface area contributed by atoms with Crippen molar-refractivity contribution in [1.82, 2.24) is 4.98 Å². The first-order valence-electron chi connectivity index (χ1n) is 12.3. The van der Waals surface area contributed by atoms with Gasteiger partial charge in [0.25, 0.3) is 0 Å². The molecule has 4 heteroatoms. The summed E-state index contributed by atoms with van der Waals surface area (Å²) in [5.74, 6) is 0.537. The van der Waals surface area contributed by atoms with Gasteiger partial charge in [0, 0.05) is 29.3 Å². The number of allylic oxidation sites excluding steroid dienone is 1. The van der Waals surface area contributed by atoms with Crippen molar-refractivity contribution in [3.63, 3.8) is 0 Å². The van der Waals surface area contributed by atoms with Crippen LogP contribution in [0.5, 0.6) is 5.75 Å². The zero-order chi connectivity index (χ0) is 24.2. The van der Waals surface area contributed by atoms with Gasteiger partial charge >= 0.3 is 0 Å². The van der Waals surface area contributed by atoms with Crippen LogP contribution in [0.15, 0.2) is 67.4 Å². The van der Waals surface area contributed by atoms with Gasteiger partial charge in [0.1, 0.15) is 18.2 Å². The third-order valence-corrected chi connectivity index (χ3v) is 5.79. The van der Waals surface area contributed by atoms with Gasteiger partial charge in [0.2, 0.25) is 0 Å². The maximum Gasteiger partial charge on any atom is 0.131 e. The Labute approximate surface area is 203 Å². The number of aromatic nitrogens is 1. The van der Waals surface area contributed by atoms with E-state index in [1.54, 1.807) is 18.3 Å². The number of fused-ring (bicyclic) bond motifs is 1. The maximum atomic E-state index is 14.7. The summed E-state index contributed by atoms with van der Waals surface area (Å²) in [6, 6.07) is 13.1. The second-order valence-corrected chi connectivity index (χ2v) is 8.64. The van der Waals surface area contributed by atoms with E-state index in [0.29, 0.717) is 12.2 Å². The molecule has 0 radical (unpaired) electrons. The Morgan fingerprint density at radius 3 is 2.74 bits per heavy atom. The molecule has 0 aliphatic carbocycles. The number of nitrogens with zero attached hydrogens (tertiary/aromatic N) is 1. The highest BCUT2D eigenvalue weighted by Gasteiger charge is 2.07. The molecule has 1 heterocycles. The Balaban J connectivity index is 1.55. The Bertz CT molecular complexity index is 1090. The second kappa shape index (κ2) is 13.7. The molecule has 0 spiro atoms. The minimum absolute atomic E-state index is 0.239. The maximum absolute atomic E-state index is 14.7. The Morgan fingerprint density at radius 1 is 1.06 bits per heavy atom. The summed E-state index contributed by atoms with van der Waals surface area (Å²) in [7, 11) is 0. The third-order valence-electron chi connectivity index (χ3n) is 5.79. The molecule has 180 valence electrons. The summed E-state index contributed by atoms with van der Waals surface area (Å²) in [6.45, 7) is 9.30. The van der Waals surface area contributed by atoms with Crippen molar-refractivity contribution in [2.75, 3.05) is 13.2 Å². The number of hydrogen-bond donors (Lipinski definition) is 0. The van der Waals surface area contributed by atoms with Crippen LogP contribution in [0.3, 0.4) is 0 Å². The van der Waals surface area contributed by atoms with Crippen molar-refractivity contribution in [1.29, 1.82) is 0 Å². The van der Waals surface area contributed by atoms with Crippen LogP contribution in [-0.2, 0) is 4.74 Å². The molecule has 1 unspecified atom stereocenters. The molecule has 0 saturated heterocycles. The Hall–Kier alpha value is -2.98. The largest absolute Gasteiger partial charge is 0.490 e. The predicted octanol–water partition coefficient (Wildman–Crippen LogP) is 8.38. The van der Waals surface area contributed by atoms with Crippen molar-refractivity contribution < 1.29 is 13.9 Å². The SMILES string of the molecule is C=CCOc1ccc2cc(-c3ccc(/C=C/CCCC(C)OCCCCC)c(F)c3)ncc2c1. The van der Waals surface area contributed by atoms with E-state index in [0.717, 1.165) is 60.1 Å². The van der Waals surface area contributed by atoms with Gasteiger partial charge in [0.15, 0.2) is 0 Å². The van der Waals surface area contributed by atoms with E-state index >= 15 is 0 Å². The molecule has 3 rings (SSSR count). The highest BCUT2D eigenvalue weighted by atomic mass is 19.1. The van der Waals surface area contributed by atoms with E-state index in [2.05, 4.69) is 25.4 Å². The lowest BCUT2D eigenvalue weighted by Crippen LogP contribution is -2.08. The van der Waals surface area contributed by atoms with Gasteiger partial charge in [-0.3, -0.25) is 4.98 Å². The van der Waals surface area contributed by atoms with Gasteiger partial charge < -0.3 is 9.47 Å². The average molecular weight is 462 g/mol. The van der Waals surface area contributed by atoms with Gasteiger partial charge in [-0.2, -0.15) is 0 Å². The fourth-order valence-corrected chi connectivity index (χ4v) is 3.80. The van der Waals surface area contributed by atoms with Gasteiger partial charge in [-0.15, -0.1) is 0 Å². The lowest BCUT2D eigenvalue weighted by molar-refractivity contribution is 0.0566. The Morgan fingerprint density at radius 2 is 1.94 bits per heavy atom. The van der Waals surface area contributed by atoms with Crippen LogP contribution in [0.25, 0.3) is 28.1 Å². The molecule has 0 N–H and O–H groups in total. The number of unbranched alkanes of at least 4 members (excludes halogenated alkanes) is 3. The van der Waals surface area contributed by atoms with Crippen molar-refractivity contribution in [2.45, 2.75) is 58.5 Å². The minimum Gasteiger partial charge on any atom is -0.490 e. The topological polar surface area (TPSA) is 31.4 Å². The summed E-state index contributed by atoms with van der Waals surface area (Å²) in [4.78, 5) is 4.53. The first-order valence-corrected chi connectivity index (χ1v) is 12.3. The van der Waals surface area contributed by atoms with E-state index in [4.69, 9.17) is 9.47 Å². The number of pyridine rings is 1. The van der Waals surface area contributed by atoms with Crippen molar-refractivity contribution in [3.8, 4) is 17.0 Å². The van der Waals surface area contributed by atoms with Crippen LogP contribution in [0.4, 0.5) is 4.39 Å². The molecule has 2 aromatic carbocycles. The van der Waals surface area contributed by atoms with Gasteiger partial charge in [0.05, 0.1) is 11.8 Å². The molecule has 0 aliphatic rings. The smallest absolute Gasteiger partial charge is 0.131 e. The first-order chi connectivity index (χ1) is 16.6. The molecule has 0 saturated carbocycles. The monoisotopic (exact) mass is 461 g/mol. The fraction of sp³-hybridized carbons (Fsp3) is 0.367. The number of rotatable bonds is 14. The van der Waals surface area contributed by atoms with Crippen LogP contribution in [0, 0.1) is 5.82 Å². The molecule has 34 heavy (non-hydrogen) atoms. The van der Waals surface area contributed by atoms with Crippen LogP contribution >= 0.6 is 0 Å². The first kappa shape index (κ1) is 25.6. The molecule has 3 aromatic rings. The lowest BCUT2D eigenvalue weighted by atomic mass is 10.0. The van der Waals surface area contributed by atoms with Gasteiger partial charge in [-0.1, -0.05) is 62.8 Å². The molecule has 3 nitrogen and oxygen atoms in total. The van der Waals surface area contributed by atoms with Crippen LogP contribution < -0.4 is 4.74 Å². The standard InChI is InChI=1S/C30H36FNO2/c1-4-6-10-18-33-23(3)11-8-7-9-12-24-13-14-26(20-29(24)31)30-21-25-15-16-28(34-17-5-2)19-27(25)22-32-30/h5,9,12-16,19-23H,2,4,6-8,10-11,17-18H2,1,3H3/b12-9+. The second-order valence-electron chi connectivity index (χ2n) is 8.64. The van der Waals surface area contributed by atoms with Gasteiger partial charge in [-0.05, 0) is 62.3 Å². The lowest BCUT2D eigenvalue weighted by Gasteiger charge is -2.12. The predicted molar refractivity (Wildman–Crippen MR) is 141 cm³/mol. The molecule has 0 aliphatic heterocycles. The van der Waals surface area contributed by atoms with E-state index in [9.17, 15) is 4.39 Å². The Kier molecular flexibility index (Phi) is 10.3. The zero-order valence-electron chi connectivity index (χ0n) is 20.4. The average Bonchev–Trinajstić information content (AvgIpc) is 2.85. The van der Waals surface area contributed by atoms with Crippen molar-refractivity contribution in [3.05, 3.63) is 78.8 Å². The number of hydrogen-bond acceptors (Lipinski definition) is 3. The molecule has 0 fully saturated rings. The van der Waals surface area contributed by atoms with Crippen LogP contribution in [0.2, 0.25) is 0 Å². The summed E-state index contributed by atoms with van der Waals surface area (Å²) in [6.07, 6.45) is 14.2. The highest BCUT2D eigenvalue weighted by Crippen LogP contribution is 2.26. The summed E-state index contributed by atoms with van der Waals surface area (Å²) >= 11 is 0. The highest BCUT2D eigenvalue weighted by molar-refractivity contribution is 5.86. The van der Waals surface area contributed by atoms with E-state index in [1.807, 2.05) is 48.6 Å². The van der Waals surface area contributed by atoms with Gasteiger partial charge in [-0.25, -0.2) is 4.39 Å². The molecular formula is C30H36FNO2. The number of ether oxygens (including phenoxy) is 2. The third kappa shape index (κ3) is 7.81. The molecule has 0 amide bonds. The van der Waals surface area contributed by atoms with E-state index in [1.165, 1.54) is 12.8 Å². The molecular weight excluding hydrogens is 425 g/mol. The van der Waals surface area contributed by atoms with E-state index in [-0.39, 0.29) is 11.9 Å². The number of halogens is 1. The van der Waals surface area contributed by atoms with Crippen LogP contribution in [0.1, 0.15) is 57.9 Å². The normalized spacial score (nSPS) is 12.3.